The molecule has 0 saturated carbocycles. The van der Waals surface area contributed by atoms with E-state index < -0.39 is 5.97 Å². The molecule has 0 amide bonds. The molecule has 0 saturated heterocycles. The molecule has 0 fully saturated rings. The summed E-state index contributed by atoms with van der Waals surface area (Å²) in [4.78, 5) is 16.0. The normalized spacial score (nSPS) is 13.6. The van der Waals surface area contributed by atoms with Crippen LogP contribution in [-0.4, -0.2) is 11.1 Å². The summed E-state index contributed by atoms with van der Waals surface area (Å²) in [6, 6.07) is 14.1. The Morgan fingerprint density at radius 1 is 1.00 bits per heavy atom. The Kier molecular flexibility index (Phi) is 3.59. The van der Waals surface area contributed by atoms with E-state index in [4.69, 9.17) is 0 Å². The van der Waals surface area contributed by atoms with E-state index in [1.54, 1.807) is 36.5 Å². The third-order valence-corrected chi connectivity index (χ3v) is 5.61. The van der Waals surface area contributed by atoms with Crippen LogP contribution in [-0.2, 0) is 4.79 Å². The smallest absolute Gasteiger partial charge is 0.335 e. The van der Waals surface area contributed by atoms with E-state index in [0.717, 1.165) is 10.5 Å². The summed E-state index contributed by atoms with van der Waals surface area (Å²) < 4.78 is 0. The number of carboxylic acids is 1. The fourth-order valence-corrected chi connectivity index (χ4v) is 4.36. The second-order valence-corrected chi connectivity index (χ2v) is 6.49. The standard InChI is InChI=1S/C16H12O2S2/c1-2-11(16(17)18)10-7-8-14-15(9-10)20-13-6-4-3-5-12(13)19-14/h2-9H,1H3,(H,17,18)/b11-2+. The zero-order valence-electron chi connectivity index (χ0n) is 10.8. The van der Waals surface area contributed by atoms with Crippen molar-refractivity contribution in [2.24, 2.45) is 0 Å². The van der Waals surface area contributed by atoms with Crippen molar-refractivity contribution >= 4 is 35.1 Å². The predicted molar refractivity (Wildman–Crippen MR) is 82.4 cm³/mol. The minimum absolute atomic E-state index is 0.345. The number of aliphatic carboxylic acids is 1. The number of benzene rings is 2. The van der Waals surface area contributed by atoms with Crippen molar-refractivity contribution in [1.29, 1.82) is 0 Å². The first-order valence-electron chi connectivity index (χ1n) is 6.18. The second kappa shape index (κ2) is 5.38. The highest BCUT2D eigenvalue weighted by Crippen LogP contribution is 2.48. The zero-order valence-corrected chi connectivity index (χ0v) is 12.4. The lowest BCUT2D eigenvalue weighted by molar-refractivity contribution is -0.130. The first-order chi connectivity index (χ1) is 9.69. The van der Waals surface area contributed by atoms with Gasteiger partial charge >= 0.3 is 5.97 Å². The van der Waals surface area contributed by atoms with Gasteiger partial charge in [-0.15, -0.1) is 0 Å². The summed E-state index contributed by atoms with van der Waals surface area (Å²) in [5.74, 6) is -0.888. The molecule has 20 heavy (non-hydrogen) atoms. The van der Waals surface area contributed by atoms with Gasteiger partial charge in [0.05, 0.1) is 5.57 Å². The Bertz CT molecular complexity index is 720. The molecule has 0 bridgehead atoms. The molecule has 0 aliphatic carbocycles. The number of carboxylic acid groups (broad SMARTS) is 1. The van der Waals surface area contributed by atoms with Crippen LogP contribution in [0.3, 0.4) is 0 Å². The first kappa shape index (κ1) is 13.3. The van der Waals surface area contributed by atoms with E-state index >= 15 is 0 Å². The van der Waals surface area contributed by atoms with Crippen LogP contribution in [0.5, 0.6) is 0 Å². The fourth-order valence-electron chi connectivity index (χ4n) is 2.11. The van der Waals surface area contributed by atoms with Gasteiger partial charge in [-0.2, -0.15) is 0 Å². The van der Waals surface area contributed by atoms with Crippen molar-refractivity contribution < 1.29 is 9.90 Å². The number of hydrogen-bond donors (Lipinski definition) is 1. The minimum Gasteiger partial charge on any atom is -0.478 e. The summed E-state index contributed by atoms with van der Waals surface area (Å²) in [5, 5.41) is 9.21. The Labute approximate surface area is 125 Å². The Balaban J connectivity index is 2.02. The van der Waals surface area contributed by atoms with Crippen molar-refractivity contribution in [2.75, 3.05) is 0 Å². The van der Waals surface area contributed by atoms with Gasteiger partial charge < -0.3 is 5.11 Å². The monoisotopic (exact) mass is 300 g/mol. The van der Waals surface area contributed by atoms with Crippen molar-refractivity contribution in [3.8, 4) is 0 Å². The van der Waals surface area contributed by atoms with Crippen LogP contribution in [0, 0.1) is 0 Å². The largest absolute Gasteiger partial charge is 0.478 e. The molecule has 2 aromatic carbocycles. The van der Waals surface area contributed by atoms with E-state index in [2.05, 4.69) is 12.1 Å². The van der Waals surface area contributed by atoms with Gasteiger partial charge in [0, 0.05) is 19.6 Å². The van der Waals surface area contributed by atoms with Gasteiger partial charge in [-0.05, 0) is 36.8 Å². The molecule has 2 aromatic rings. The number of allylic oxidation sites excluding steroid dienone is 1. The van der Waals surface area contributed by atoms with Gasteiger partial charge in [-0.3, -0.25) is 0 Å². The van der Waals surface area contributed by atoms with E-state index in [1.807, 2.05) is 30.3 Å². The summed E-state index contributed by atoms with van der Waals surface area (Å²) in [7, 11) is 0. The van der Waals surface area contributed by atoms with E-state index in [9.17, 15) is 9.90 Å². The van der Waals surface area contributed by atoms with Gasteiger partial charge in [0.1, 0.15) is 0 Å². The summed E-state index contributed by atoms with van der Waals surface area (Å²) in [5.41, 5.74) is 1.10. The molecule has 0 spiro atoms. The molecular weight excluding hydrogens is 288 g/mol. The SMILES string of the molecule is C/C=C(/C(=O)O)c1ccc2c(c1)Sc1ccccc1S2. The first-order valence-corrected chi connectivity index (χ1v) is 7.81. The molecule has 2 nitrogen and oxygen atoms in total. The van der Waals surface area contributed by atoms with E-state index in [-0.39, 0.29) is 0 Å². The van der Waals surface area contributed by atoms with Gasteiger partial charge in [0.25, 0.3) is 0 Å². The average Bonchev–Trinajstić information content (AvgIpc) is 2.45. The maximum absolute atomic E-state index is 11.2. The summed E-state index contributed by atoms with van der Waals surface area (Å²) >= 11 is 3.43. The highest BCUT2D eigenvalue weighted by atomic mass is 32.2. The van der Waals surface area contributed by atoms with Crippen molar-refractivity contribution in [2.45, 2.75) is 26.5 Å². The molecule has 0 atom stereocenters. The van der Waals surface area contributed by atoms with Crippen molar-refractivity contribution in [3.05, 3.63) is 54.1 Å². The molecule has 1 aliphatic rings. The minimum atomic E-state index is -0.888. The topological polar surface area (TPSA) is 37.3 Å². The van der Waals surface area contributed by atoms with E-state index in [1.165, 1.54) is 14.7 Å². The molecular formula is C16H12O2S2. The van der Waals surface area contributed by atoms with Gasteiger partial charge in [0.15, 0.2) is 0 Å². The quantitative estimate of drug-likeness (QED) is 0.690. The van der Waals surface area contributed by atoms with Crippen LogP contribution < -0.4 is 0 Å². The maximum atomic E-state index is 11.2. The second-order valence-electron chi connectivity index (χ2n) is 4.32. The molecule has 1 aliphatic heterocycles. The maximum Gasteiger partial charge on any atom is 0.335 e. The summed E-state index contributed by atoms with van der Waals surface area (Å²) in [6.45, 7) is 1.75. The highest BCUT2D eigenvalue weighted by molar-refractivity contribution is 8.05. The molecule has 1 N–H and O–H groups in total. The van der Waals surface area contributed by atoms with Crippen LogP contribution >= 0.6 is 23.5 Å². The third-order valence-electron chi connectivity index (χ3n) is 3.06. The average molecular weight is 300 g/mol. The number of carbonyl (C=O) groups is 1. The fraction of sp³-hybridized carbons (Fsp3) is 0.0625. The van der Waals surface area contributed by atoms with Crippen LogP contribution in [0.2, 0.25) is 0 Å². The highest BCUT2D eigenvalue weighted by Gasteiger charge is 2.18. The molecule has 1 heterocycles. The predicted octanol–water partition coefficient (Wildman–Crippen LogP) is 4.79. The number of rotatable bonds is 2. The van der Waals surface area contributed by atoms with Crippen molar-refractivity contribution in [3.63, 3.8) is 0 Å². The Hall–Kier alpha value is -1.65. The lowest BCUT2D eigenvalue weighted by Crippen LogP contribution is -2.00. The van der Waals surface area contributed by atoms with Crippen LogP contribution in [0.25, 0.3) is 5.57 Å². The van der Waals surface area contributed by atoms with E-state index in [0.29, 0.717) is 5.57 Å². The molecule has 4 heteroatoms. The molecule has 3 rings (SSSR count). The number of fused-ring (bicyclic) bond motifs is 2. The van der Waals surface area contributed by atoms with Gasteiger partial charge in [-0.25, -0.2) is 4.79 Å². The van der Waals surface area contributed by atoms with Crippen LogP contribution in [0.15, 0.2) is 68.1 Å². The molecule has 0 unspecified atom stereocenters. The van der Waals surface area contributed by atoms with Crippen LogP contribution in [0.4, 0.5) is 0 Å². The zero-order chi connectivity index (χ0) is 14.1. The van der Waals surface area contributed by atoms with Gasteiger partial charge in [-0.1, -0.05) is 47.8 Å². The Morgan fingerprint density at radius 3 is 2.20 bits per heavy atom. The lowest BCUT2D eigenvalue weighted by Gasteiger charge is -2.18. The third kappa shape index (κ3) is 2.37. The van der Waals surface area contributed by atoms with Crippen LogP contribution in [0.1, 0.15) is 12.5 Å². The summed E-state index contributed by atoms with van der Waals surface area (Å²) in [6.07, 6.45) is 1.64. The molecule has 100 valence electrons. The molecule has 0 aromatic heterocycles. The van der Waals surface area contributed by atoms with Gasteiger partial charge in [0.2, 0.25) is 0 Å². The lowest BCUT2D eigenvalue weighted by atomic mass is 10.1. The Morgan fingerprint density at radius 2 is 1.60 bits per heavy atom. The van der Waals surface area contributed by atoms with Crippen molar-refractivity contribution in [1.82, 2.24) is 0 Å². The molecule has 0 radical (unpaired) electrons. The number of hydrogen-bond acceptors (Lipinski definition) is 3.